The maximum Gasteiger partial charge on any atom is 0.135 e. The standard InChI is InChI=1S/C16H26N4.C3H6.C2H4/c1-12(2)16-17-14-11-20(10-7-15(14)19(16)4)13-5-8-18(3)9-6-13;1-3-2;1-2/h13H,1,5-11H2,2-4H3;3H,1H2,2H3;1-2H2. The molecule has 1 aromatic heterocycles. The van der Waals surface area contributed by atoms with E-state index in [9.17, 15) is 0 Å². The number of rotatable bonds is 2. The van der Waals surface area contributed by atoms with Crippen LogP contribution in [0, 0.1) is 0 Å². The molecule has 4 nitrogen and oxygen atoms in total. The lowest BCUT2D eigenvalue weighted by Crippen LogP contribution is -2.45. The van der Waals surface area contributed by atoms with Gasteiger partial charge in [0, 0.05) is 38.3 Å². The van der Waals surface area contributed by atoms with E-state index in [-0.39, 0.29) is 0 Å². The van der Waals surface area contributed by atoms with E-state index in [1.54, 1.807) is 6.08 Å². The molecule has 25 heavy (non-hydrogen) atoms. The third kappa shape index (κ3) is 5.41. The first-order chi connectivity index (χ1) is 12.0. The zero-order valence-corrected chi connectivity index (χ0v) is 16.7. The van der Waals surface area contributed by atoms with Crippen molar-refractivity contribution >= 4 is 5.57 Å². The van der Waals surface area contributed by atoms with E-state index in [1.807, 2.05) is 13.8 Å². The third-order valence-corrected chi connectivity index (χ3v) is 4.87. The van der Waals surface area contributed by atoms with E-state index in [4.69, 9.17) is 4.98 Å². The van der Waals surface area contributed by atoms with Gasteiger partial charge in [0.05, 0.1) is 5.69 Å². The predicted octanol–water partition coefficient (Wildman–Crippen LogP) is 3.90. The predicted molar refractivity (Wildman–Crippen MR) is 110 cm³/mol. The summed E-state index contributed by atoms with van der Waals surface area (Å²) in [6.45, 7) is 22.0. The lowest BCUT2D eigenvalue weighted by molar-refractivity contribution is 0.108. The van der Waals surface area contributed by atoms with Gasteiger partial charge in [-0.05, 0) is 52.4 Å². The van der Waals surface area contributed by atoms with E-state index < -0.39 is 0 Å². The van der Waals surface area contributed by atoms with Crippen molar-refractivity contribution in [2.45, 2.75) is 45.7 Å². The van der Waals surface area contributed by atoms with Crippen LogP contribution in [0.25, 0.3) is 5.57 Å². The lowest BCUT2D eigenvalue weighted by Gasteiger charge is -2.38. The van der Waals surface area contributed by atoms with Crippen LogP contribution in [0.1, 0.15) is 43.9 Å². The minimum atomic E-state index is 0.745. The number of fused-ring (bicyclic) bond motifs is 1. The van der Waals surface area contributed by atoms with Crippen molar-refractivity contribution in [3.05, 3.63) is 49.6 Å². The second-order valence-electron chi connectivity index (χ2n) is 6.83. The number of nitrogens with zero attached hydrogens (tertiary/aromatic N) is 4. The Labute approximate surface area is 154 Å². The first-order valence-corrected chi connectivity index (χ1v) is 9.17. The van der Waals surface area contributed by atoms with Crippen molar-refractivity contribution in [2.75, 3.05) is 26.7 Å². The van der Waals surface area contributed by atoms with Crippen molar-refractivity contribution < 1.29 is 0 Å². The van der Waals surface area contributed by atoms with Crippen LogP contribution in [-0.2, 0) is 20.0 Å². The van der Waals surface area contributed by atoms with Crippen molar-refractivity contribution in [1.82, 2.24) is 19.4 Å². The van der Waals surface area contributed by atoms with Crippen LogP contribution in [-0.4, -0.2) is 52.1 Å². The van der Waals surface area contributed by atoms with Gasteiger partial charge in [-0.2, -0.15) is 0 Å². The van der Waals surface area contributed by atoms with E-state index in [2.05, 4.69) is 54.8 Å². The number of hydrogen-bond donors (Lipinski definition) is 0. The Balaban J connectivity index is 0.000000567. The van der Waals surface area contributed by atoms with Gasteiger partial charge in [0.1, 0.15) is 5.82 Å². The van der Waals surface area contributed by atoms with Gasteiger partial charge in [-0.15, -0.1) is 19.7 Å². The Kier molecular flexibility index (Phi) is 8.87. The topological polar surface area (TPSA) is 24.3 Å². The summed E-state index contributed by atoms with van der Waals surface area (Å²) in [5, 5.41) is 0. The number of allylic oxidation sites excluding steroid dienone is 2. The number of hydrogen-bond acceptors (Lipinski definition) is 3. The number of aromatic nitrogens is 2. The molecule has 0 bridgehead atoms. The number of piperidine rings is 1. The molecule has 0 unspecified atom stereocenters. The van der Waals surface area contributed by atoms with Crippen LogP contribution in [0.3, 0.4) is 0 Å². The molecule has 3 heterocycles. The second-order valence-corrected chi connectivity index (χ2v) is 6.83. The number of likely N-dealkylation sites (tertiary alicyclic amines) is 1. The Morgan fingerprint density at radius 1 is 1.16 bits per heavy atom. The molecular formula is C21H36N4. The molecule has 0 atom stereocenters. The summed E-state index contributed by atoms with van der Waals surface area (Å²) < 4.78 is 2.24. The van der Waals surface area contributed by atoms with Crippen LogP contribution in [0.5, 0.6) is 0 Å². The summed E-state index contributed by atoms with van der Waals surface area (Å²) in [7, 11) is 4.35. The summed E-state index contributed by atoms with van der Waals surface area (Å²) in [4.78, 5) is 9.90. The smallest absolute Gasteiger partial charge is 0.135 e. The molecule has 1 saturated heterocycles. The van der Waals surface area contributed by atoms with Crippen LogP contribution >= 0.6 is 0 Å². The Bertz CT molecular complexity index is 565. The largest absolute Gasteiger partial charge is 0.331 e. The minimum Gasteiger partial charge on any atom is -0.331 e. The van der Waals surface area contributed by atoms with Gasteiger partial charge in [0.25, 0.3) is 0 Å². The van der Waals surface area contributed by atoms with Gasteiger partial charge < -0.3 is 9.47 Å². The van der Waals surface area contributed by atoms with Crippen molar-refractivity contribution in [2.24, 2.45) is 7.05 Å². The monoisotopic (exact) mass is 344 g/mol. The molecule has 0 aromatic carbocycles. The molecule has 3 rings (SSSR count). The highest BCUT2D eigenvalue weighted by atomic mass is 15.2. The molecule has 0 radical (unpaired) electrons. The molecule has 1 fully saturated rings. The third-order valence-electron chi connectivity index (χ3n) is 4.87. The molecule has 2 aliphatic rings. The quantitative estimate of drug-likeness (QED) is 0.761. The van der Waals surface area contributed by atoms with Crippen LogP contribution in [0.2, 0.25) is 0 Å². The van der Waals surface area contributed by atoms with Crippen molar-refractivity contribution in [1.29, 1.82) is 0 Å². The second kappa shape index (κ2) is 10.4. The SMILES string of the molecule is C=C.C=C(C)c1nc2c(n1C)CCN(C1CCN(C)CC1)C2.C=CC. The number of imidazole rings is 1. The minimum absolute atomic E-state index is 0.745. The fraction of sp³-hybridized carbons (Fsp3) is 0.571. The van der Waals surface area contributed by atoms with E-state index in [1.165, 1.54) is 43.9 Å². The van der Waals surface area contributed by atoms with E-state index in [0.29, 0.717) is 0 Å². The van der Waals surface area contributed by atoms with Gasteiger partial charge in [0.2, 0.25) is 0 Å². The van der Waals surface area contributed by atoms with Crippen LogP contribution < -0.4 is 0 Å². The first kappa shape index (κ1) is 21.4. The normalized spacial score (nSPS) is 18.2. The highest BCUT2D eigenvalue weighted by molar-refractivity contribution is 5.56. The molecule has 0 N–H and O–H groups in total. The maximum absolute atomic E-state index is 4.82. The lowest BCUT2D eigenvalue weighted by atomic mass is 10.0. The summed E-state index contributed by atoms with van der Waals surface area (Å²) in [5.41, 5.74) is 3.75. The molecule has 0 amide bonds. The van der Waals surface area contributed by atoms with Crippen molar-refractivity contribution in [3.8, 4) is 0 Å². The fourth-order valence-corrected chi connectivity index (χ4v) is 3.60. The van der Waals surface area contributed by atoms with E-state index >= 15 is 0 Å². The van der Waals surface area contributed by atoms with Crippen LogP contribution in [0.15, 0.2) is 32.4 Å². The summed E-state index contributed by atoms with van der Waals surface area (Å²) in [6.07, 6.45) is 5.47. The highest BCUT2D eigenvalue weighted by Crippen LogP contribution is 2.26. The molecule has 1 aromatic rings. The Morgan fingerprint density at radius 2 is 1.72 bits per heavy atom. The maximum atomic E-state index is 4.82. The fourth-order valence-electron chi connectivity index (χ4n) is 3.60. The zero-order chi connectivity index (χ0) is 19.0. The summed E-state index contributed by atoms with van der Waals surface area (Å²) >= 11 is 0. The molecule has 0 aliphatic carbocycles. The van der Waals surface area contributed by atoms with E-state index in [0.717, 1.165) is 30.4 Å². The zero-order valence-electron chi connectivity index (χ0n) is 16.7. The van der Waals surface area contributed by atoms with Gasteiger partial charge in [-0.1, -0.05) is 12.7 Å². The van der Waals surface area contributed by atoms with Gasteiger partial charge in [-0.25, -0.2) is 4.98 Å². The average molecular weight is 345 g/mol. The summed E-state index contributed by atoms with van der Waals surface area (Å²) in [6, 6.07) is 0.745. The van der Waals surface area contributed by atoms with Gasteiger partial charge in [-0.3, -0.25) is 4.90 Å². The molecule has 2 aliphatic heterocycles. The van der Waals surface area contributed by atoms with Crippen molar-refractivity contribution in [3.63, 3.8) is 0 Å². The molecule has 140 valence electrons. The molecule has 4 heteroatoms. The molecular weight excluding hydrogens is 308 g/mol. The van der Waals surface area contributed by atoms with Gasteiger partial charge >= 0.3 is 0 Å². The Morgan fingerprint density at radius 3 is 2.24 bits per heavy atom. The average Bonchev–Trinajstić information content (AvgIpc) is 2.95. The van der Waals surface area contributed by atoms with Crippen LogP contribution in [0.4, 0.5) is 0 Å². The summed E-state index contributed by atoms with van der Waals surface area (Å²) in [5.74, 6) is 1.06. The molecule has 0 saturated carbocycles. The first-order valence-electron chi connectivity index (χ1n) is 9.17. The van der Waals surface area contributed by atoms with Gasteiger partial charge in [0.15, 0.2) is 0 Å². The highest BCUT2D eigenvalue weighted by Gasteiger charge is 2.29. The Hall–Kier alpha value is -1.65. The molecule has 0 spiro atoms.